The molecule has 7 heteroatoms. The van der Waals surface area contributed by atoms with E-state index in [2.05, 4.69) is 10.2 Å². The van der Waals surface area contributed by atoms with E-state index in [1.165, 1.54) is 6.92 Å². The molecule has 1 atom stereocenters. The normalized spacial score (nSPS) is 14.5. The summed E-state index contributed by atoms with van der Waals surface area (Å²) >= 11 is 0. The minimum Gasteiger partial charge on any atom is -0.407 e. The SMILES string of the molecule is CC(c1nnc(N)o1)S(C)(=O)=O. The second-order valence-corrected chi connectivity index (χ2v) is 4.82. The molecule has 0 saturated carbocycles. The number of hydrogen-bond acceptors (Lipinski definition) is 6. The zero-order valence-corrected chi connectivity index (χ0v) is 7.50. The van der Waals surface area contributed by atoms with Gasteiger partial charge < -0.3 is 10.2 Å². The largest absolute Gasteiger partial charge is 0.407 e. The second-order valence-electron chi connectivity index (χ2n) is 2.45. The number of nitrogens with zero attached hydrogens (tertiary/aromatic N) is 2. The molecule has 2 N–H and O–H groups in total. The van der Waals surface area contributed by atoms with Gasteiger partial charge in [0, 0.05) is 6.26 Å². The summed E-state index contributed by atoms with van der Waals surface area (Å²) in [6.45, 7) is 1.46. The molecule has 1 heterocycles. The maximum atomic E-state index is 11.0. The van der Waals surface area contributed by atoms with Gasteiger partial charge in [-0.05, 0) is 6.92 Å². The van der Waals surface area contributed by atoms with E-state index in [0.717, 1.165) is 6.26 Å². The molecular weight excluding hydrogens is 182 g/mol. The fraction of sp³-hybridized carbons (Fsp3) is 0.600. The van der Waals surface area contributed by atoms with E-state index in [1.807, 2.05) is 0 Å². The zero-order valence-electron chi connectivity index (χ0n) is 6.68. The molecule has 6 nitrogen and oxygen atoms in total. The molecule has 0 radical (unpaired) electrons. The van der Waals surface area contributed by atoms with Crippen molar-refractivity contribution in [1.82, 2.24) is 10.2 Å². The average molecular weight is 191 g/mol. The number of nitrogen functional groups attached to an aromatic ring is 1. The molecule has 0 aliphatic rings. The van der Waals surface area contributed by atoms with Crippen LogP contribution < -0.4 is 5.73 Å². The maximum absolute atomic E-state index is 11.0. The Morgan fingerprint density at radius 2 is 2.08 bits per heavy atom. The van der Waals surface area contributed by atoms with Crippen molar-refractivity contribution in [3.05, 3.63) is 5.89 Å². The third-order valence-electron chi connectivity index (χ3n) is 1.45. The first kappa shape index (κ1) is 8.98. The van der Waals surface area contributed by atoms with Gasteiger partial charge in [-0.1, -0.05) is 5.10 Å². The Bertz CT molecular complexity index is 369. The summed E-state index contributed by atoms with van der Waals surface area (Å²) in [5, 5.41) is 6.01. The van der Waals surface area contributed by atoms with Crippen molar-refractivity contribution in [1.29, 1.82) is 0 Å². The van der Waals surface area contributed by atoms with Gasteiger partial charge in [0.05, 0.1) is 0 Å². The van der Waals surface area contributed by atoms with Gasteiger partial charge in [0.15, 0.2) is 9.84 Å². The van der Waals surface area contributed by atoms with Crippen LogP contribution >= 0.6 is 0 Å². The summed E-state index contributed by atoms with van der Waals surface area (Å²) in [4.78, 5) is 0. The summed E-state index contributed by atoms with van der Waals surface area (Å²) in [5.74, 6) is 0.0231. The standard InChI is InChI=1S/C5H9N3O3S/c1-3(12(2,9)10)4-7-8-5(6)11-4/h3H,1-2H3,(H2,6,8). The lowest BCUT2D eigenvalue weighted by atomic mass is 10.5. The number of sulfone groups is 1. The van der Waals surface area contributed by atoms with Crippen LogP contribution in [0.5, 0.6) is 0 Å². The molecular formula is C5H9N3O3S. The highest BCUT2D eigenvalue weighted by molar-refractivity contribution is 7.90. The van der Waals surface area contributed by atoms with Crippen LogP contribution in [0.1, 0.15) is 18.1 Å². The molecule has 0 aliphatic carbocycles. The Hall–Kier alpha value is -1.11. The maximum Gasteiger partial charge on any atom is 0.312 e. The molecule has 1 aromatic heterocycles. The quantitative estimate of drug-likeness (QED) is 0.692. The second kappa shape index (κ2) is 2.74. The van der Waals surface area contributed by atoms with Gasteiger partial charge in [0.25, 0.3) is 0 Å². The van der Waals surface area contributed by atoms with Crippen molar-refractivity contribution in [2.45, 2.75) is 12.2 Å². The van der Waals surface area contributed by atoms with Crippen LogP contribution in [0, 0.1) is 0 Å². The van der Waals surface area contributed by atoms with Crippen LogP contribution in [0.3, 0.4) is 0 Å². The molecule has 1 unspecified atom stereocenters. The highest BCUT2D eigenvalue weighted by Gasteiger charge is 2.22. The molecule has 0 bridgehead atoms. The molecule has 0 aliphatic heterocycles. The van der Waals surface area contributed by atoms with Gasteiger partial charge in [-0.15, -0.1) is 5.10 Å². The highest BCUT2D eigenvalue weighted by Crippen LogP contribution is 2.19. The van der Waals surface area contributed by atoms with Gasteiger partial charge in [0.1, 0.15) is 5.25 Å². The Morgan fingerprint density at radius 1 is 1.50 bits per heavy atom. The predicted molar refractivity (Wildman–Crippen MR) is 42.0 cm³/mol. The fourth-order valence-corrected chi connectivity index (χ4v) is 1.06. The van der Waals surface area contributed by atoms with Crippen molar-refractivity contribution in [2.24, 2.45) is 0 Å². The number of aromatic nitrogens is 2. The molecule has 0 fully saturated rings. The van der Waals surface area contributed by atoms with Crippen molar-refractivity contribution in [3.63, 3.8) is 0 Å². The Kier molecular flexibility index (Phi) is 2.05. The number of hydrogen-bond donors (Lipinski definition) is 1. The predicted octanol–water partition coefficient (Wildman–Crippen LogP) is -0.243. The Balaban J connectivity index is 3.01. The first-order chi connectivity index (χ1) is 5.41. The lowest BCUT2D eigenvalue weighted by Gasteiger charge is -2.01. The van der Waals surface area contributed by atoms with Gasteiger partial charge in [-0.25, -0.2) is 8.42 Å². The van der Waals surface area contributed by atoms with E-state index in [0.29, 0.717) is 0 Å². The minimum absolute atomic E-state index is 0.0231. The van der Waals surface area contributed by atoms with Gasteiger partial charge in [-0.3, -0.25) is 0 Å². The Labute approximate surface area is 69.7 Å². The monoisotopic (exact) mass is 191 g/mol. The van der Waals surface area contributed by atoms with E-state index in [-0.39, 0.29) is 11.9 Å². The first-order valence-electron chi connectivity index (χ1n) is 3.19. The molecule has 0 saturated heterocycles. The molecule has 0 aromatic carbocycles. The third kappa shape index (κ3) is 1.73. The fourth-order valence-electron chi connectivity index (χ4n) is 0.594. The van der Waals surface area contributed by atoms with E-state index >= 15 is 0 Å². The number of nitrogens with two attached hydrogens (primary N) is 1. The number of rotatable bonds is 2. The highest BCUT2D eigenvalue weighted by atomic mass is 32.2. The summed E-state index contributed by atoms with van der Waals surface area (Å²) in [6.07, 6.45) is 1.10. The zero-order chi connectivity index (χ0) is 9.35. The molecule has 68 valence electrons. The number of anilines is 1. The summed E-state index contributed by atoms with van der Waals surface area (Å²) in [5.41, 5.74) is 5.12. The summed E-state index contributed by atoms with van der Waals surface area (Å²) in [6, 6.07) is -0.125. The average Bonchev–Trinajstić information content (AvgIpc) is 2.32. The lowest BCUT2D eigenvalue weighted by molar-refractivity contribution is 0.499. The van der Waals surface area contributed by atoms with Crippen LogP contribution in [0.15, 0.2) is 4.42 Å². The molecule has 0 amide bonds. The Morgan fingerprint density at radius 3 is 2.42 bits per heavy atom. The van der Waals surface area contributed by atoms with E-state index in [1.54, 1.807) is 0 Å². The molecule has 1 rings (SSSR count). The lowest BCUT2D eigenvalue weighted by Crippen LogP contribution is -2.07. The molecule has 12 heavy (non-hydrogen) atoms. The van der Waals surface area contributed by atoms with E-state index in [4.69, 9.17) is 10.2 Å². The summed E-state index contributed by atoms with van der Waals surface area (Å²) in [7, 11) is -3.19. The van der Waals surface area contributed by atoms with Crippen LogP contribution in [0.2, 0.25) is 0 Å². The van der Waals surface area contributed by atoms with Crippen molar-refractivity contribution in [3.8, 4) is 0 Å². The van der Waals surface area contributed by atoms with Crippen molar-refractivity contribution in [2.75, 3.05) is 12.0 Å². The van der Waals surface area contributed by atoms with Crippen LogP contribution in [0.25, 0.3) is 0 Å². The van der Waals surface area contributed by atoms with Crippen molar-refractivity contribution >= 4 is 15.9 Å². The summed E-state index contributed by atoms with van der Waals surface area (Å²) < 4.78 is 26.7. The molecule has 0 spiro atoms. The minimum atomic E-state index is -3.19. The third-order valence-corrected chi connectivity index (χ3v) is 2.93. The van der Waals surface area contributed by atoms with Crippen LogP contribution in [-0.2, 0) is 9.84 Å². The van der Waals surface area contributed by atoms with E-state index in [9.17, 15) is 8.42 Å². The van der Waals surface area contributed by atoms with E-state index < -0.39 is 15.1 Å². The first-order valence-corrected chi connectivity index (χ1v) is 5.14. The van der Waals surface area contributed by atoms with Crippen molar-refractivity contribution < 1.29 is 12.8 Å². The van der Waals surface area contributed by atoms with Gasteiger partial charge >= 0.3 is 6.01 Å². The molecule has 1 aromatic rings. The van der Waals surface area contributed by atoms with Gasteiger partial charge in [-0.2, -0.15) is 0 Å². The topological polar surface area (TPSA) is 99.1 Å². The van der Waals surface area contributed by atoms with Crippen LogP contribution in [-0.4, -0.2) is 24.9 Å². The van der Waals surface area contributed by atoms with Crippen LogP contribution in [0.4, 0.5) is 6.01 Å². The smallest absolute Gasteiger partial charge is 0.312 e. The van der Waals surface area contributed by atoms with Gasteiger partial charge in [0.2, 0.25) is 5.89 Å².